The van der Waals surface area contributed by atoms with E-state index in [0.29, 0.717) is 0 Å². The second-order valence-electron chi connectivity index (χ2n) is 2.91. The van der Waals surface area contributed by atoms with Gasteiger partial charge in [0, 0.05) is 5.25 Å². The number of thiol groups is 1. The molecule has 0 N–H and O–H groups in total. The minimum Gasteiger partial charge on any atom is -0.465 e. The third kappa shape index (κ3) is 1.51. The summed E-state index contributed by atoms with van der Waals surface area (Å²) in [5.74, 6) is -1.21. The van der Waals surface area contributed by atoms with E-state index in [9.17, 15) is 18.0 Å². The predicted molar refractivity (Wildman–Crippen MR) is 42.5 cm³/mol. The zero-order chi connectivity index (χ0) is 10.3. The summed E-state index contributed by atoms with van der Waals surface area (Å²) in [6.07, 6.45) is -4.83. The standard InChI is InChI=1S/C7H9F3O2S/c1-2-12-5(11)6(3-4(6)13)7(8,9)10/h4,13H,2-3H2,1H3. The van der Waals surface area contributed by atoms with E-state index in [1.807, 2.05) is 0 Å². The molecule has 1 saturated carbocycles. The van der Waals surface area contributed by atoms with Crippen molar-refractivity contribution in [1.82, 2.24) is 0 Å². The van der Waals surface area contributed by atoms with Gasteiger partial charge < -0.3 is 4.74 Å². The zero-order valence-corrected chi connectivity index (χ0v) is 7.78. The lowest BCUT2D eigenvalue weighted by atomic mass is 10.1. The van der Waals surface area contributed by atoms with Crippen molar-refractivity contribution in [2.45, 2.75) is 24.8 Å². The van der Waals surface area contributed by atoms with Crippen molar-refractivity contribution < 1.29 is 22.7 Å². The summed E-state index contributed by atoms with van der Waals surface area (Å²) in [6.45, 7) is 1.43. The Morgan fingerprint density at radius 2 is 2.15 bits per heavy atom. The lowest BCUT2D eigenvalue weighted by Crippen LogP contribution is -2.36. The van der Waals surface area contributed by atoms with Gasteiger partial charge in [-0.15, -0.1) is 0 Å². The van der Waals surface area contributed by atoms with Crippen molar-refractivity contribution in [3.05, 3.63) is 0 Å². The van der Waals surface area contributed by atoms with E-state index < -0.39 is 22.8 Å². The summed E-state index contributed by atoms with van der Waals surface area (Å²) in [6, 6.07) is 0. The van der Waals surface area contributed by atoms with Gasteiger partial charge in [-0.05, 0) is 13.3 Å². The molecule has 0 aromatic carbocycles. The van der Waals surface area contributed by atoms with E-state index in [2.05, 4.69) is 17.4 Å². The van der Waals surface area contributed by atoms with Crippen LogP contribution in [0.2, 0.25) is 0 Å². The quantitative estimate of drug-likeness (QED) is 0.560. The number of alkyl halides is 3. The van der Waals surface area contributed by atoms with Crippen LogP contribution in [0.15, 0.2) is 0 Å². The first-order valence-electron chi connectivity index (χ1n) is 3.78. The van der Waals surface area contributed by atoms with Gasteiger partial charge in [0.15, 0.2) is 5.41 Å². The second-order valence-corrected chi connectivity index (χ2v) is 3.53. The van der Waals surface area contributed by atoms with Crippen molar-refractivity contribution in [2.24, 2.45) is 5.41 Å². The molecular weight excluding hydrogens is 205 g/mol. The highest BCUT2D eigenvalue weighted by Gasteiger charge is 2.75. The van der Waals surface area contributed by atoms with E-state index in [1.54, 1.807) is 0 Å². The number of esters is 1. The maximum absolute atomic E-state index is 12.4. The Balaban J connectivity index is 2.79. The Labute approximate surface area is 78.8 Å². The largest absolute Gasteiger partial charge is 0.465 e. The predicted octanol–water partition coefficient (Wildman–Crippen LogP) is 1.80. The van der Waals surface area contributed by atoms with E-state index in [-0.39, 0.29) is 13.0 Å². The topological polar surface area (TPSA) is 26.3 Å². The highest BCUT2D eigenvalue weighted by Crippen LogP contribution is 2.61. The fourth-order valence-electron chi connectivity index (χ4n) is 1.15. The van der Waals surface area contributed by atoms with Crippen LogP contribution in [0.1, 0.15) is 13.3 Å². The molecule has 0 bridgehead atoms. The smallest absolute Gasteiger partial charge is 0.406 e. The number of ether oxygens (including phenoxy) is 1. The lowest BCUT2D eigenvalue weighted by Gasteiger charge is -2.17. The molecule has 1 aliphatic rings. The molecule has 0 aromatic heterocycles. The number of carbonyl (C=O) groups excluding carboxylic acids is 1. The van der Waals surface area contributed by atoms with Gasteiger partial charge in [0.05, 0.1) is 6.61 Å². The molecular formula is C7H9F3O2S. The van der Waals surface area contributed by atoms with Gasteiger partial charge >= 0.3 is 12.1 Å². The minimum absolute atomic E-state index is 0.0445. The van der Waals surface area contributed by atoms with Gasteiger partial charge in [-0.1, -0.05) is 0 Å². The molecule has 76 valence electrons. The average molecular weight is 214 g/mol. The average Bonchev–Trinajstić information content (AvgIpc) is 2.62. The normalized spacial score (nSPS) is 32.8. The Kier molecular flexibility index (Phi) is 2.53. The van der Waals surface area contributed by atoms with Gasteiger partial charge in [0.2, 0.25) is 0 Å². The fraction of sp³-hybridized carbons (Fsp3) is 0.857. The summed E-state index contributed by atoms with van der Waals surface area (Å²) in [5, 5.41) is -0.952. The van der Waals surface area contributed by atoms with Crippen molar-refractivity contribution in [3.8, 4) is 0 Å². The summed E-state index contributed by atoms with van der Waals surface area (Å²) >= 11 is 3.66. The third-order valence-electron chi connectivity index (χ3n) is 2.07. The van der Waals surface area contributed by atoms with Crippen molar-refractivity contribution >= 4 is 18.6 Å². The Hall–Kier alpha value is -0.390. The number of hydrogen-bond donors (Lipinski definition) is 1. The fourth-order valence-corrected chi connectivity index (χ4v) is 1.69. The number of halogens is 3. The second kappa shape index (κ2) is 3.08. The van der Waals surface area contributed by atoms with Crippen LogP contribution in [0.5, 0.6) is 0 Å². The Morgan fingerprint density at radius 3 is 2.38 bits per heavy atom. The first kappa shape index (κ1) is 10.7. The highest BCUT2D eigenvalue weighted by atomic mass is 32.1. The van der Waals surface area contributed by atoms with Crippen LogP contribution in [0.25, 0.3) is 0 Å². The summed E-state index contributed by atoms with van der Waals surface area (Å²) in [5.41, 5.74) is -2.34. The highest BCUT2D eigenvalue weighted by molar-refractivity contribution is 7.81. The third-order valence-corrected chi connectivity index (χ3v) is 2.69. The molecule has 1 aliphatic carbocycles. The van der Waals surface area contributed by atoms with Crippen LogP contribution in [0.4, 0.5) is 13.2 Å². The molecule has 0 heterocycles. The van der Waals surface area contributed by atoms with Crippen molar-refractivity contribution in [1.29, 1.82) is 0 Å². The van der Waals surface area contributed by atoms with Crippen LogP contribution in [-0.2, 0) is 9.53 Å². The molecule has 0 amide bonds. The number of hydrogen-bond acceptors (Lipinski definition) is 3. The van der Waals surface area contributed by atoms with Crippen molar-refractivity contribution in [2.75, 3.05) is 6.61 Å². The Morgan fingerprint density at radius 1 is 1.69 bits per heavy atom. The Bertz CT molecular complexity index is 228. The monoisotopic (exact) mass is 214 g/mol. The van der Waals surface area contributed by atoms with E-state index in [4.69, 9.17) is 0 Å². The van der Waals surface area contributed by atoms with E-state index >= 15 is 0 Å². The van der Waals surface area contributed by atoms with Gasteiger partial charge in [-0.2, -0.15) is 25.8 Å². The molecule has 6 heteroatoms. The van der Waals surface area contributed by atoms with E-state index in [0.717, 1.165) is 0 Å². The molecule has 0 aliphatic heterocycles. The van der Waals surface area contributed by atoms with E-state index in [1.165, 1.54) is 6.92 Å². The molecule has 2 nitrogen and oxygen atoms in total. The SMILES string of the molecule is CCOC(=O)C1(C(F)(F)F)CC1S. The van der Waals surface area contributed by atoms with Crippen LogP contribution >= 0.6 is 12.6 Å². The first-order valence-corrected chi connectivity index (χ1v) is 4.30. The lowest BCUT2D eigenvalue weighted by molar-refractivity contribution is -0.205. The summed E-state index contributed by atoms with van der Waals surface area (Å²) < 4.78 is 41.5. The summed E-state index contributed by atoms with van der Waals surface area (Å²) in [4.78, 5) is 11.0. The van der Waals surface area contributed by atoms with Crippen LogP contribution in [0, 0.1) is 5.41 Å². The molecule has 0 aromatic rings. The maximum Gasteiger partial charge on any atom is 0.406 e. The van der Waals surface area contributed by atoms with Gasteiger partial charge in [0.25, 0.3) is 0 Å². The van der Waals surface area contributed by atoms with Gasteiger partial charge in [-0.3, -0.25) is 4.79 Å². The molecule has 2 unspecified atom stereocenters. The molecule has 1 rings (SSSR count). The van der Waals surface area contributed by atoms with Crippen molar-refractivity contribution in [3.63, 3.8) is 0 Å². The molecule has 2 atom stereocenters. The molecule has 13 heavy (non-hydrogen) atoms. The van der Waals surface area contributed by atoms with Crippen LogP contribution in [0.3, 0.4) is 0 Å². The molecule has 0 saturated heterocycles. The molecule has 1 fully saturated rings. The minimum atomic E-state index is -4.55. The first-order chi connectivity index (χ1) is 5.86. The zero-order valence-electron chi connectivity index (χ0n) is 6.89. The van der Waals surface area contributed by atoms with Crippen LogP contribution < -0.4 is 0 Å². The molecule has 0 spiro atoms. The van der Waals surface area contributed by atoms with Gasteiger partial charge in [0.1, 0.15) is 0 Å². The van der Waals surface area contributed by atoms with Crippen LogP contribution in [-0.4, -0.2) is 24.0 Å². The van der Waals surface area contributed by atoms with Gasteiger partial charge in [-0.25, -0.2) is 0 Å². The number of rotatable bonds is 2. The summed E-state index contributed by atoms with van der Waals surface area (Å²) in [7, 11) is 0. The maximum atomic E-state index is 12.4. The molecule has 0 radical (unpaired) electrons. The number of carbonyl (C=O) groups is 1.